The van der Waals surface area contributed by atoms with Crippen LogP contribution in [0.1, 0.15) is 17.7 Å². The van der Waals surface area contributed by atoms with Gasteiger partial charge in [0.1, 0.15) is 16.8 Å². The zero-order valence-electron chi connectivity index (χ0n) is 14.5. The van der Waals surface area contributed by atoms with Crippen LogP contribution < -0.4 is 5.32 Å². The monoisotopic (exact) mass is 402 g/mol. The van der Waals surface area contributed by atoms with E-state index in [1.54, 1.807) is 31.2 Å². The summed E-state index contributed by atoms with van der Waals surface area (Å²) < 4.78 is 5.57. The van der Waals surface area contributed by atoms with Crippen molar-refractivity contribution in [1.29, 1.82) is 0 Å². The van der Waals surface area contributed by atoms with Crippen LogP contribution in [0, 0.1) is 17.0 Å². The quantitative estimate of drug-likeness (QED) is 0.428. The maximum Gasteiger partial charge on any atom is 0.305 e. The van der Waals surface area contributed by atoms with Gasteiger partial charge in [0.05, 0.1) is 23.1 Å². The minimum Gasteiger partial charge on any atom is -0.481 e. The number of amidine groups is 1. The zero-order chi connectivity index (χ0) is 20.3. The molecule has 0 radical (unpaired) electrons. The number of aryl methyl sites for hydroxylation is 1. The fourth-order valence-corrected chi connectivity index (χ4v) is 3.37. The molecule has 144 valence electrons. The van der Waals surface area contributed by atoms with Crippen molar-refractivity contribution >= 4 is 40.7 Å². The SMILES string of the molecule is Cc1ccc(-c2ccc(/C=N\N=C3\NC(=O)[C@H](CC(=O)O)S3)o2)c([N+](=O)[O-])c1. The van der Waals surface area contributed by atoms with Crippen molar-refractivity contribution in [2.24, 2.45) is 10.2 Å². The molecule has 1 fully saturated rings. The van der Waals surface area contributed by atoms with E-state index < -0.39 is 22.0 Å². The number of carbonyl (C=O) groups excluding carboxylic acids is 1. The number of nitrogens with one attached hydrogen (secondary N) is 1. The number of nitro benzene ring substituents is 1. The van der Waals surface area contributed by atoms with Crippen LogP contribution in [0.25, 0.3) is 11.3 Å². The molecule has 1 aromatic heterocycles. The number of hydrogen-bond donors (Lipinski definition) is 2. The van der Waals surface area contributed by atoms with E-state index in [1.807, 2.05) is 0 Å². The number of carbonyl (C=O) groups is 2. The van der Waals surface area contributed by atoms with Crippen LogP contribution in [0.3, 0.4) is 0 Å². The molecule has 10 nitrogen and oxygen atoms in total. The van der Waals surface area contributed by atoms with Gasteiger partial charge in [-0.3, -0.25) is 19.7 Å². The fourth-order valence-electron chi connectivity index (χ4n) is 2.45. The van der Waals surface area contributed by atoms with Crippen LogP contribution in [-0.4, -0.2) is 38.5 Å². The Labute approximate surface area is 162 Å². The number of thioether (sulfide) groups is 1. The first kappa shape index (κ1) is 19.3. The lowest BCUT2D eigenvalue weighted by atomic mass is 10.1. The predicted molar refractivity (Wildman–Crippen MR) is 102 cm³/mol. The first-order chi connectivity index (χ1) is 13.3. The van der Waals surface area contributed by atoms with Gasteiger partial charge in [0.15, 0.2) is 5.17 Å². The number of aliphatic carboxylic acids is 1. The summed E-state index contributed by atoms with van der Waals surface area (Å²) in [4.78, 5) is 33.1. The van der Waals surface area contributed by atoms with Crippen molar-refractivity contribution in [3.05, 3.63) is 51.8 Å². The molecule has 2 aromatic rings. The Kier molecular flexibility index (Phi) is 5.54. The molecule has 0 spiro atoms. The van der Waals surface area contributed by atoms with Crippen LogP contribution in [0.15, 0.2) is 45.0 Å². The third-order valence-electron chi connectivity index (χ3n) is 3.71. The van der Waals surface area contributed by atoms with Crippen LogP contribution in [0.5, 0.6) is 0 Å². The lowest BCUT2D eigenvalue weighted by Gasteiger charge is -2.00. The maximum atomic E-state index is 11.6. The Morgan fingerprint density at radius 2 is 2.21 bits per heavy atom. The summed E-state index contributed by atoms with van der Waals surface area (Å²) >= 11 is 0.980. The topological polar surface area (TPSA) is 147 Å². The second-order valence-electron chi connectivity index (χ2n) is 5.82. The van der Waals surface area contributed by atoms with Crippen molar-refractivity contribution in [2.45, 2.75) is 18.6 Å². The molecular weight excluding hydrogens is 388 g/mol. The molecule has 0 bridgehead atoms. The molecule has 1 aliphatic heterocycles. The smallest absolute Gasteiger partial charge is 0.305 e. The summed E-state index contributed by atoms with van der Waals surface area (Å²) in [7, 11) is 0. The van der Waals surface area contributed by atoms with E-state index >= 15 is 0 Å². The Morgan fingerprint density at radius 3 is 2.93 bits per heavy atom. The van der Waals surface area contributed by atoms with Crippen LogP contribution in [0.4, 0.5) is 5.69 Å². The van der Waals surface area contributed by atoms with Crippen molar-refractivity contribution in [1.82, 2.24) is 5.32 Å². The van der Waals surface area contributed by atoms with Crippen molar-refractivity contribution < 1.29 is 24.0 Å². The second kappa shape index (κ2) is 8.05. The Hall–Kier alpha value is -3.47. The number of hydrogen-bond acceptors (Lipinski definition) is 8. The summed E-state index contributed by atoms with van der Waals surface area (Å²) in [6.45, 7) is 1.76. The minimum absolute atomic E-state index is 0.0624. The van der Waals surface area contributed by atoms with Crippen LogP contribution in [0.2, 0.25) is 0 Å². The average Bonchev–Trinajstić information content (AvgIpc) is 3.21. The van der Waals surface area contributed by atoms with E-state index in [2.05, 4.69) is 15.5 Å². The first-order valence-electron chi connectivity index (χ1n) is 7.99. The Balaban J connectivity index is 1.73. The van der Waals surface area contributed by atoms with Gasteiger partial charge in [-0.25, -0.2) is 0 Å². The predicted octanol–water partition coefficient (Wildman–Crippen LogP) is 2.56. The molecule has 1 aromatic carbocycles. The number of carboxylic acid groups (broad SMARTS) is 1. The highest BCUT2D eigenvalue weighted by molar-refractivity contribution is 8.15. The Morgan fingerprint density at radius 1 is 1.43 bits per heavy atom. The third kappa shape index (κ3) is 4.43. The van der Waals surface area contributed by atoms with Crippen molar-refractivity contribution in [3.8, 4) is 11.3 Å². The summed E-state index contributed by atoms with van der Waals surface area (Å²) in [5.41, 5.74) is 1.04. The molecule has 11 heteroatoms. The number of nitrogens with zero attached hydrogens (tertiary/aromatic N) is 3. The third-order valence-corrected chi connectivity index (χ3v) is 4.78. The van der Waals surface area contributed by atoms with Gasteiger partial charge >= 0.3 is 5.97 Å². The van der Waals surface area contributed by atoms with E-state index in [0.717, 1.165) is 17.3 Å². The van der Waals surface area contributed by atoms with E-state index in [1.165, 1.54) is 12.3 Å². The van der Waals surface area contributed by atoms with Gasteiger partial charge in [0.2, 0.25) is 5.91 Å². The maximum absolute atomic E-state index is 11.6. The standard InChI is InChI=1S/C17H14N4O6S/c1-9-2-4-11(12(6-9)21(25)26)13-5-3-10(27-13)8-18-20-17-19-16(24)14(28-17)7-15(22)23/h2-6,8,14H,7H2,1H3,(H,22,23)(H,19,20,24)/b18-8-/t14-/m0/s1. The highest BCUT2D eigenvalue weighted by atomic mass is 32.2. The highest BCUT2D eigenvalue weighted by Gasteiger charge is 2.32. The molecule has 1 saturated heterocycles. The zero-order valence-corrected chi connectivity index (χ0v) is 15.3. The van der Waals surface area contributed by atoms with Gasteiger partial charge in [-0.05, 0) is 30.7 Å². The highest BCUT2D eigenvalue weighted by Crippen LogP contribution is 2.31. The molecule has 3 rings (SSSR count). The second-order valence-corrected chi connectivity index (χ2v) is 7.01. The molecule has 1 aliphatic rings. The number of carboxylic acids is 1. The summed E-state index contributed by atoms with van der Waals surface area (Å²) in [6, 6.07) is 7.99. The normalized spacial score (nSPS) is 18.0. The number of rotatable bonds is 6. The minimum atomic E-state index is -1.08. The molecule has 2 N–H and O–H groups in total. The van der Waals surface area contributed by atoms with Gasteiger partial charge in [-0.15, -0.1) is 5.10 Å². The molecular formula is C17H14N4O6S. The fraction of sp³-hybridized carbons (Fsp3) is 0.176. The largest absolute Gasteiger partial charge is 0.481 e. The van der Waals surface area contributed by atoms with E-state index in [9.17, 15) is 19.7 Å². The van der Waals surface area contributed by atoms with Gasteiger partial charge in [0.25, 0.3) is 5.69 Å². The van der Waals surface area contributed by atoms with Crippen molar-refractivity contribution in [3.63, 3.8) is 0 Å². The van der Waals surface area contributed by atoms with E-state index in [-0.39, 0.29) is 17.3 Å². The van der Waals surface area contributed by atoms with Crippen molar-refractivity contribution in [2.75, 3.05) is 0 Å². The number of amides is 1. The molecule has 2 heterocycles. The molecule has 28 heavy (non-hydrogen) atoms. The Bertz CT molecular complexity index is 1010. The van der Waals surface area contributed by atoms with Gasteiger partial charge in [-0.2, -0.15) is 5.10 Å². The number of furan rings is 1. The molecule has 0 aliphatic carbocycles. The number of nitro groups is 1. The first-order valence-corrected chi connectivity index (χ1v) is 8.87. The molecule has 1 amide bonds. The van der Waals surface area contributed by atoms with Gasteiger partial charge in [-0.1, -0.05) is 17.8 Å². The lowest BCUT2D eigenvalue weighted by molar-refractivity contribution is -0.384. The number of benzene rings is 1. The lowest BCUT2D eigenvalue weighted by Crippen LogP contribution is -2.26. The van der Waals surface area contributed by atoms with E-state index in [0.29, 0.717) is 17.1 Å². The molecule has 0 saturated carbocycles. The van der Waals surface area contributed by atoms with Crippen LogP contribution >= 0.6 is 11.8 Å². The summed E-state index contributed by atoms with van der Waals surface area (Å²) in [6.07, 6.45) is 0.976. The molecule has 1 atom stereocenters. The van der Waals surface area contributed by atoms with Gasteiger partial charge < -0.3 is 14.8 Å². The van der Waals surface area contributed by atoms with Crippen LogP contribution in [-0.2, 0) is 9.59 Å². The molecule has 0 unspecified atom stereocenters. The summed E-state index contributed by atoms with van der Waals surface area (Å²) in [5, 5.41) is 29.5. The van der Waals surface area contributed by atoms with Gasteiger partial charge in [0, 0.05) is 6.07 Å². The summed E-state index contributed by atoms with van der Waals surface area (Å²) in [5.74, 6) is -0.893. The average molecular weight is 402 g/mol. The van der Waals surface area contributed by atoms with E-state index in [4.69, 9.17) is 9.52 Å².